The molecule has 13 heteroatoms. The first-order valence-corrected chi connectivity index (χ1v) is 16.5. The van der Waals surface area contributed by atoms with Crippen LogP contribution in [0, 0.1) is 5.82 Å². The van der Waals surface area contributed by atoms with Gasteiger partial charge < -0.3 is 33.6 Å². The van der Waals surface area contributed by atoms with E-state index in [-0.39, 0.29) is 41.5 Å². The number of pyridine rings is 1. The molecule has 0 N–H and O–H groups in total. The summed E-state index contributed by atoms with van der Waals surface area (Å²) in [6.45, 7) is 12.4. The fourth-order valence-electron chi connectivity index (χ4n) is 6.41. The lowest BCUT2D eigenvalue weighted by Crippen LogP contribution is -2.52. The number of carbonyl (C=O) groups is 2. The number of morpholine rings is 1. The van der Waals surface area contributed by atoms with Crippen LogP contribution in [0.3, 0.4) is 0 Å². The highest BCUT2D eigenvalue weighted by Gasteiger charge is 2.33. The highest BCUT2D eigenvalue weighted by molar-refractivity contribution is 5.97. The molecule has 5 heterocycles. The summed E-state index contributed by atoms with van der Waals surface area (Å²) in [7, 11) is 0. The number of anilines is 1. The molecule has 6 rings (SSSR count). The molecule has 0 spiro atoms. The maximum absolute atomic E-state index is 14.5. The molecule has 0 bridgehead atoms. The second kappa shape index (κ2) is 13.9. The van der Waals surface area contributed by atoms with Gasteiger partial charge in [0, 0.05) is 50.7 Å². The summed E-state index contributed by atoms with van der Waals surface area (Å²) in [4.78, 5) is 45.2. The van der Waals surface area contributed by atoms with Crippen molar-refractivity contribution >= 4 is 17.8 Å². The van der Waals surface area contributed by atoms with Crippen molar-refractivity contribution in [1.82, 2.24) is 24.8 Å². The molecule has 48 heavy (non-hydrogen) atoms. The van der Waals surface area contributed by atoms with Crippen molar-refractivity contribution in [2.75, 3.05) is 37.7 Å². The Hall–Kier alpha value is -4.52. The summed E-state index contributed by atoms with van der Waals surface area (Å²) in [6, 6.07) is 5.48. The van der Waals surface area contributed by atoms with Crippen LogP contribution in [-0.2, 0) is 22.4 Å². The van der Waals surface area contributed by atoms with Crippen LogP contribution < -0.4 is 14.4 Å². The number of hydrogen-bond acceptors (Lipinski definition) is 10. The zero-order valence-electron chi connectivity index (χ0n) is 28.1. The van der Waals surface area contributed by atoms with Gasteiger partial charge in [-0.1, -0.05) is 0 Å². The molecule has 0 saturated carbocycles. The lowest BCUT2D eigenvalue weighted by atomic mass is 10.0. The van der Waals surface area contributed by atoms with E-state index in [4.69, 9.17) is 18.9 Å². The monoisotopic (exact) mass is 662 g/mol. The number of benzene rings is 1. The number of piperidine rings is 1. The van der Waals surface area contributed by atoms with Crippen LogP contribution >= 0.6 is 0 Å². The number of halogens is 1. The molecule has 2 amide bonds. The molecule has 2 fully saturated rings. The van der Waals surface area contributed by atoms with Crippen LogP contribution in [0.5, 0.6) is 17.2 Å². The maximum atomic E-state index is 14.5. The molecule has 3 aliphatic rings. The number of rotatable bonds is 6. The first-order valence-electron chi connectivity index (χ1n) is 16.5. The molecular weight excluding hydrogens is 619 g/mol. The van der Waals surface area contributed by atoms with Crippen LogP contribution in [0.25, 0.3) is 0 Å². The number of aromatic nitrogens is 3. The van der Waals surface area contributed by atoms with E-state index in [1.54, 1.807) is 22.2 Å². The zero-order valence-corrected chi connectivity index (χ0v) is 28.1. The molecular formula is C35H43FN6O6. The molecule has 12 nitrogen and oxygen atoms in total. The van der Waals surface area contributed by atoms with Gasteiger partial charge in [0.15, 0.2) is 11.6 Å². The third-order valence-electron chi connectivity index (χ3n) is 8.71. The minimum atomic E-state index is -0.576. The molecule has 2 aromatic heterocycles. The Balaban J connectivity index is 1.13. The minimum Gasteiger partial charge on any atom is -0.490 e. The highest BCUT2D eigenvalue weighted by Crippen LogP contribution is 2.36. The smallest absolute Gasteiger partial charge is 0.410 e. The maximum Gasteiger partial charge on any atom is 0.410 e. The molecule has 2 saturated heterocycles. The zero-order chi connectivity index (χ0) is 34.0. The summed E-state index contributed by atoms with van der Waals surface area (Å²) in [6.07, 6.45) is 6.42. The van der Waals surface area contributed by atoms with Gasteiger partial charge >= 0.3 is 6.09 Å². The van der Waals surface area contributed by atoms with Gasteiger partial charge in [-0.15, -0.1) is 0 Å². The predicted molar refractivity (Wildman–Crippen MR) is 175 cm³/mol. The van der Waals surface area contributed by atoms with E-state index in [2.05, 4.69) is 19.9 Å². The van der Waals surface area contributed by atoms with E-state index in [9.17, 15) is 14.0 Å². The van der Waals surface area contributed by atoms with Crippen LogP contribution in [-0.4, -0.2) is 93.4 Å². The van der Waals surface area contributed by atoms with Crippen molar-refractivity contribution < 1.29 is 32.9 Å². The Morgan fingerprint density at radius 1 is 0.979 bits per heavy atom. The lowest BCUT2D eigenvalue weighted by molar-refractivity contribution is -0.0250. The molecule has 0 aliphatic carbocycles. The molecule has 0 radical (unpaired) electrons. The van der Waals surface area contributed by atoms with Crippen LogP contribution in [0.4, 0.5) is 15.0 Å². The SMILES string of the molecule is C[C@@H]1COC[C@H](C)N1C(=O)c1cc(F)ccc1Oc1cncnc1N1CCC(Oc2ccnc3c2CN(C(=O)OC(C)(C)C)CC3)CC1. The molecule has 0 unspecified atom stereocenters. The average Bonchev–Trinajstić information content (AvgIpc) is 3.05. The Kier molecular flexibility index (Phi) is 9.68. The van der Waals surface area contributed by atoms with Crippen molar-refractivity contribution in [2.24, 2.45) is 0 Å². The molecule has 1 aromatic carbocycles. The van der Waals surface area contributed by atoms with Gasteiger partial charge in [-0.2, -0.15) is 0 Å². The van der Waals surface area contributed by atoms with Gasteiger partial charge in [0.1, 0.15) is 35.3 Å². The van der Waals surface area contributed by atoms with Crippen LogP contribution in [0.2, 0.25) is 0 Å². The summed E-state index contributed by atoms with van der Waals surface area (Å²) in [5.41, 5.74) is 1.40. The number of carbonyl (C=O) groups excluding carboxylic acids is 2. The number of hydrogen-bond donors (Lipinski definition) is 0. The highest BCUT2D eigenvalue weighted by atomic mass is 19.1. The van der Waals surface area contributed by atoms with Gasteiger partial charge in [0.05, 0.1) is 49.3 Å². The third-order valence-corrected chi connectivity index (χ3v) is 8.71. The fraction of sp³-hybridized carbons (Fsp3) is 0.514. The fourth-order valence-corrected chi connectivity index (χ4v) is 6.41. The second-order valence-electron chi connectivity index (χ2n) is 13.6. The molecule has 2 atom stereocenters. The van der Waals surface area contributed by atoms with E-state index in [0.29, 0.717) is 70.2 Å². The largest absolute Gasteiger partial charge is 0.490 e. The lowest BCUT2D eigenvalue weighted by Gasteiger charge is -2.39. The molecule has 256 valence electrons. The average molecular weight is 663 g/mol. The Morgan fingerprint density at radius 2 is 1.73 bits per heavy atom. The normalized spacial score (nSPS) is 20.2. The Bertz CT molecular complexity index is 1630. The van der Waals surface area contributed by atoms with E-state index in [1.807, 2.05) is 40.7 Å². The van der Waals surface area contributed by atoms with Crippen molar-refractivity contribution in [3.63, 3.8) is 0 Å². The van der Waals surface area contributed by atoms with E-state index >= 15 is 0 Å². The van der Waals surface area contributed by atoms with E-state index in [0.717, 1.165) is 17.0 Å². The van der Waals surface area contributed by atoms with Gasteiger partial charge in [0.2, 0.25) is 0 Å². The minimum absolute atomic E-state index is 0.0605. The Labute approximate surface area is 280 Å². The number of fused-ring (bicyclic) bond motifs is 1. The van der Waals surface area contributed by atoms with Gasteiger partial charge in [-0.3, -0.25) is 9.78 Å². The van der Waals surface area contributed by atoms with Crippen molar-refractivity contribution in [2.45, 2.75) is 84.2 Å². The number of ether oxygens (including phenoxy) is 4. The van der Waals surface area contributed by atoms with Crippen LogP contribution in [0.1, 0.15) is 69.1 Å². The summed E-state index contributed by atoms with van der Waals surface area (Å²) >= 11 is 0. The topological polar surface area (TPSA) is 119 Å². The third kappa shape index (κ3) is 7.46. The van der Waals surface area contributed by atoms with Crippen LogP contribution in [0.15, 0.2) is 43.0 Å². The first-order chi connectivity index (χ1) is 23.0. The molecule has 3 aromatic rings. The predicted octanol–water partition coefficient (Wildman–Crippen LogP) is 5.39. The Morgan fingerprint density at radius 3 is 2.46 bits per heavy atom. The molecule has 3 aliphatic heterocycles. The standard InChI is InChI=1S/C35H43FN6O6/c1-22-19-45-20-23(2)42(22)33(43)26-16-24(36)6-7-29(26)47-31-17-37-21-39-32(31)40-13-9-25(10-14-40)46-30-8-12-38-28-11-15-41(18-27(28)30)34(44)48-35(3,4)5/h6-8,12,16-17,21-23,25H,9-11,13-15,18-20H2,1-5H3/t22-,23+. The van der Waals surface area contributed by atoms with E-state index < -0.39 is 11.4 Å². The van der Waals surface area contributed by atoms with Crippen molar-refractivity contribution in [3.05, 3.63) is 65.6 Å². The van der Waals surface area contributed by atoms with Crippen molar-refractivity contribution in [1.29, 1.82) is 0 Å². The van der Waals surface area contributed by atoms with Gasteiger partial charge in [-0.25, -0.2) is 19.2 Å². The second-order valence-corrected chi connectivity index (χ2v) is 13.6. The van der Waals surface area contributed by atoms with Gasteiger partial charge in [-0.05, 0) is 58.9 Å². The summed E-state index contributed by atoms with van der Waals surface area (Å²) in [5.74, 6) is 1.05. The van der Waals surface area contributed by atoms with Gasteiger partial charge in [0.25, 0.3) is 5.91 Å². The van der Waals surface area contributed by atoms with Crippen molar-refractivity contribution in [3.8, 4) is 17.2 Å². The van der Waals surface area contributed by atoms with E-state index in [1.165, 1.54) is 24.5 Å². The first kappa shape index (κ1) is 33.4. The summed E-state index contributed by atoms with van der Waals surface area (Å²) < 4.78 is 38.4. The quantitative estimate of drug-likeness (QED) is 0.340. The summed E-state index contributed by atoms with van der Waals surface area (Å²) in [5, 5.41) is 0. The number of nitrogens with zero attached hydrogens (tertiary/aromatic N) is 6. The number of amides is 2.